The summed E-state index contributed by atoms with van der Waals surface area (Å²) in [7, 11) is 0. The van der Waals surface area contributed by atoms with Gasteiger partial charge in [-0.3, -0.25) is 14.6 Å². The molecular weight excluding hydrogens is 556 g/mol. The van der Waals surface area contributed by atoms with E-state index in [1.165, 1.54) is 24.5 Å². The number of nitrogens with two attached hydrogens (primary N) is 1. The maximum atomic E-state index is 13.1. The molecule has 2 aromatic rings. The van der Waals surface area contributed by atoms with E-state index in [-0.39, 0.29) is 24.5 Å². The lowest BCUT2D eigenvalue weighted by atomic mass is 9.93. The van der Waals surface area contributed by atoms with Gasteiger partial charge in [0, 0.05) is 30.8 Å². The average Bonchev–Trinajstić information content (AvgIpc) is 3.25. The Labute approximate surface area is 228 Å². The van der Waals surface area contributed by atoms with Crippen molar-refractivity contribution >= 4 is 29.7 Å². The van der Waals surface area contributed by atoms with E-state index in [0.717, 1.165) is 23.2 Å². The highest BCUT2D eigenvalue weighted by Crippen LogP contribution is 2.38. The van der Waals surface area contributed by atoms with Crippen molar-refractivity contribution in [1.29, 1.82) is 0 Å². The fourth-order valence-electron chi connectivity index (χ4n) is 4.90. The molecule has 0 radical (unpaired) electrons. The number of aliphatic imine (C=N–C) groups is 2. The summed E-state index contributed by atoms with van der Waals surface area (Å²) in [6, 6.07) is 7.44. The van der Waals surface area contributed by atoms with Crippen LogP contribution in [0.2, 0.25) is 0 Å². The standard InChI is InChI=1S/C26H21F6N7O2/c27-25(28,29)18-7-8-35-20(12-18)36-23(40)16-5-3-15(4-6-16)22-37-21(19-13-34-9-11-39(19,22)33)17-2-1-10-38(14-17)24(41)26(30,31)32/h3-9,11-13,17H,1-2,10,14,33H2/p+1. The summed E-state index contributed by atoms with van der Waals surface area (Å²) in [6.07, 6.45) is -3.36. The number of benzene rings is 1. The molecule has 5 rings (SSSR count). The van der Waals surface area contributed by atoms with E-state index < -0.39 is 40.2 Å². The van der Waals surface area contributed by atoms with Crippen LogP contribution in [-0.4, -0.2) is 57.6 Å². The fourth-order valence-corrected chi connectivity index (χ4v) is 4.90. The number of anilines is 1. The van der Waals surface area contributed by atoms with Crippen LogP contribution in [0, 0.1) is 5.92 Å². The first-order chi connectivity index (χ1) is 19.3. The molecule has 3 N–H and O–H groups in total. The second kappa shape index (κ2) is 10.2. The number of carbonyl (C=O) groups excluding carboxylic acids is 2. The van der Waals surface area contributed by atoms with Crippen LogP contribution < -0.4 is 11.2 Å². The molecule has 1 aromatic heterocycles. The zero-order valence-corrected chi connectivity index (χ0v) is 21.1. The summed E-state index contributed by atoms with van der Waals surface area (Å²) < 4.78 is 77.7. The topological polar surface area (TPSA) is 113 Å². The van der Waals surface area contributed by atoms with E-state index in [2.05, 4.69) is 15.3 Å². The van der Waals surface area contributed by atoms with Crippen LogP contribution in [-0.2, 0) is 11.0 Å². The number of hydrogen-bond acceptors (Lipinski definition) is 6. The van der Waals surface area contributed by atoms with Gasteiger partial charge in [-0.2, -0.15) is 37.2 Å². The number of piperidine rings is 1. The number of alkyl halides is 6. The van der Waals surface area contributed by atoms with Gasteiger partial charge < -0.3 is 10.2 Å². The molecule has 1 aromatic carbocycles. The summed E-state index contributed by atoms with van der Waals surface area (Å²) in [4.78, 5) is 37.9. The number of carbonyl (C=O) groups is 2. The highest BCUT2D eigenvalue weighted by molar-refractivity contribution is 6.05. The Morgan fingerprint density at radius 3 is 2.49 bits per heavy atom. The van der Waals surface area contributed by atoms with Gasteiger partial charge in [0.25, 0.3) is 11.7 Å². The molecule has 1 saturated heterocycles. The number of quaternary nitrogens is 1. The number of hydrogen-bond donors (Lipinski definition) is 2. The van der Waals surface area contributed by atoms with Crippen LogP contribution in [0.1, 0.15) is 34.3 Å². The zero-order valence-electron chi connectivity index (χ0n) is 21.1. The molecule has 214 valence electrons. The lowest BCUT2D eigenvalue weighted by Gasteiger charge is -2.33. The largest absolute Gasteiger partial charge is 0.471 e. The predicted octanol–water partition coefficient (Wildman–Crippen LogP) is 4.37. The van der Waals surface area contributed by atoms with E-state index in [0.29, 0.717) is 35.6 Å². The molecular formula is C26H22F6N7O2+. The normalized spacial score (nSPS) is 22.5. The number of fused-ring (bicyclic) bond motifs is 1. The van der Waals surface area contributed by atoms with Crippen LogP contribution in [0.25, 0.3) is 0 Å². The number of likely N-dealkylation sites (tertiary alicyclic amines) is 1. The Morgan fingerprint density at radius 2 is 1.80 bits per heavy atom. The maximum Gasteiger partial charge on any atom is 0.471 e. The Bertz CT molecular complexity index is 1510. The lowest BCUT2D eigenvalue weighted by molar-refractivity contribution is -0.750. The van der Waals surface area contributed by atoms with Crippen molar-refractivity contribution in [3.05, 3.63) is 83.1 Å². The molecule has 0 spiro atoms. The number of aromatic nitrogens is 1. The molecule has 0 bridgehead atoms. The highest BCUT2D eigenvalue weighted by atomic mass is 19.4. The molecule has 2 atom stereocenters. The van der Waals surface area contributed by atoms with Crippen LogP contribution in [0.4, 0.5) is 32.2 Å². The SMILES string of the molecule is N[N+]12C=CN=CC1=C(C1CCCN(C(=O)C(F)(F)F)C1)N=C2c1ccc(C(=O)Nc2cc(C(F)(F)F)ccn2)cc1. The third kappa shape index (κ3) is 5.50. The fraction of sp³-hybridized carbons (Fsp3) is 0.269. The number of nitrogens with one attached hydrogen (secondary N) is 1. The highest BCUT2D eigenvalue weighted by Gasteiger charge is 2.48. The lowest BCUT2D eigenvalue weighted by Crippen LogP contribution is -2.53. The first-order valence-electron chi connectivity index (χ1n) is 12.3. The second-order valence-electron chi connectivity index (χ2n) is 9.61. The number of amides is 2. The van der Waals surface area contributed by atoms with Gasteiger partial charge in [0.1, 0.15) is 17.7 Å². The molecule has 4 heterocycles. The average molecular weight is 578 g/mol. The van der Waals surface area contributed by atoms with Gasteiger partial charge in [-0.15, -0.1) is 4.59 Å². The molecule has 2 amide bonds. The van der Waals surface area contributed by atoms with Gasteiger partial charge in [-0.25, -0.2) is 4.98 Å². The number of allylic oxidation sites excluding steroid dienone is 1. The predicted molar refractivity (Wildman–Crippen MR) is 135 cm³/mol. The van der Waals surface area contributed by atoms with Gasteiger partial charge >= 0.3 is 18.3 Å². The summed E-state index contributed by atoms with van der Waals surface area (Å²) >= 11 is 0. The van der Waals surface area contributed by atoms with E-state index >= 15 is 0 Å². The Morgan fingerprint density at radius 1 is 1.07 bits per heavy atom. The maximum absolute atomic E-state index is 13.1. The third-order valence-corrected chi connectivity index (χ3v) is 6.89. The second-order valence-corrected chi connectivity index (χ2v) is 9.61. The van der Waals surface area contributed by atoms with Gasteiger partial charge in [0.15, 0.2) is 0 Å². The molecule has 2 unspecified atom stereocenters. The Balaban J connectivity index is 1.38. The number of nitrogens with zero attached hydrogens (tertiary/aromatic N) is 5. The van der Waals surface area contributed by atoms with E-state index in [1.807, 2.05) is 0 Å². The quantitative estimate of drug-likeness (QED) is 0.319. The van der Waals surface area contributed by atoms with Gasteiger partial charge in [0.2, 0.25) is 5.70 Å². The van der Waals surface area contributed by atoms with Crippen molar-refractivity contribution in [2.24, 2.45) is 21.7 Å². The zero-order chi connectivity index (χ0) is 29.6. The number of pyridine rings is 1. The number of rotatable bonds is 4. The van der Waals surface area contributed by atoms with Crippen LogP contribution in [0.5, 0.6) is 0 Å². The van der Waals surface area contributed by atoms with Gasteiger partial charge in [-0.1, -0.05) is 0 Å². The van der Waals surface area contributed by atoms with Gasteiger partial charge in [0.05, 0.1) is 23.5 Å². The molecule has 1 fully saturated rings. The van der Waals surface area contributed by atoms with Crippen molar-refractivity contribution in [2.45, 2.75) is 25.2 Å². The van der Waals surface area contributed by atoms with E-state index in [4.69, 9.17) is 10.8 Å². The Kier molecular flexibility index (Phi) is 7.03. The first-order valence-corrected chi connectivity index (χ1v) is 12.3. The minimum absolute atomic E-state index is 0.0236. The third-order valence-electron chi connectivity index (χ3n) is 6.89. The van der Waals surface area contributed by atoms with Crippen LogP contribution >= 0.6 is 0 Å². The van der Waals surface area contributed by atoms with Gasteiger partial charge in [-0.05, 0) is 49.2 Å². The Hall–Kier alpha value is -4.37. The number of amidine groups is 1. The van der Waals surface area contributed by atoms with Crippen LogP contribution in [0.3, 0.4) is 0 Å². The summed E-state index contributed by atoms with van der Waals surface area (Å²) in [5, 5.41) is 2.33. The molecule has 3 aliphatic heterocycles. The molecule has 3 aliphatic rings. The molecule has 0 aliphatic carbocycles. The monoisotopic (exact) mass is 578 g/mol. The van der Waals surface area contributed by atoms with E-state index in [9.17, 15) is 35.9 Å². The molecule has 41 heavy (non-hydrogen) atoms. The molecule has 15 heteroatoms. The van der Waals surface area contributed by atoms with Crippen molar-refractivity contribution in [3.63, 3.8) is 0 Å². The van der Waals surface area contributed by atoms with Crippen molar-refractivity contribution in [1.82, 2.24) is 9.88 Å². The van der Waals surface area contributed by atoms with Crippen molar-refractivity contribution in [2.75, 3.05) is 18.4 Å². The van der Waals surface area contributed by atoms with Crippen molar-refractivity contribution in [3.8, 4) is 0 Å². The number of halogens is 6. The smallest absolute Gasteiger partial charge is 0.334 e. The summed E-state index contributed by atoms with van der Waals surface area (Å²) in [5.41, 5.74) is 0.481. The summed E-state index contributed by atoms with van der Waals surface area (Å²) in [5.74, 6) is 3.59. The summed E-state index contributed by atoms with van der Waals surface area (Å²) in [6.45, 7) is -0.210. The molecule has 9 nitrogen and oxygen atoms in total. The van der Waals surface area contributed by atoms with Crippen molar-refractivity contribution < 1.29 is 40.5 Å². The minimum Gasteiger partial charge on any atom is -0.334 e. The van der Waals surface area contributed by atoms with E-state index in [1.54, 1.807) is 18.3 Å². The van der Waals surface area contributed by atoms with Crippen LogP contribution in [0.15, 0.2) is 76.4 Å². The minimum atomic E-state index is -4.99. The molecule has 0 saturated carbocycles. The first kappa shape index (κ1) is 28.2.